The quantitative estimate of drug-likeness (QED) is 0.517. The van der Waals surface area contributed by atoms with Gasteiger partial charge in [-0.05, 0) is 43.1 Å². The molecule has 0 bridgehead atoms. The van der Waals surface area contributed by atoms with Gasteiger partial charge in [0.1, 0.15) is 0 Å². The van der Waals surface area contributed by atoms with Gasteiger partial charge in [-0.2, -0.15) is 0 Å². The lowest BCUT2D eigenvalue weighted by molar-refractivity contribution is -0.135. The summed E-state index contributed by atoms with van der Waals surface area (Å²) in [5.74, 6) is -0.209. The molecule has 3 N–H and O–H groups in total. The molecule has 38 heavy (non-hydrogen) atoms. The molecular formula is C28H33N5O5. The number of fused-ring (bicyclic) bond motifs is 2. The second-order valence-corrected chi connectivity index (χ2v) is 10.4. The Hall–Kier alpha value is -3.92. The average molecular weight is 520 g/mol. The lowest BCUT2D eigenvalue weighted by Gasteiger charge is -2.44. The summed E-state index contributed by atoms with van der Waals surface area (Å²) < 4.78 is 5.48. The Labute approximate surface area is 221 Å². The minimum Gasteiger partial charge on any atom is -0.427 e. The molecule has 1 spiro atoms. The smallest absolute Gasteiger partial charge is 0.415 e. The second kappa shape index (κ2) is 10.1. The van der Waals surface area contributed by atoms with E-state index in [1.165, 1.54) is 7.05 Å². The Balaban J connectivity index is 1.50. The van der Waals surface area contributed by atoms with Crippen LogP contribution in [0.15, 0.2) is 42.5 Å². The summed E-state index contributed by atoms with van der Waals surface area (Å²) in [4.78, 5) is 55.1. The molecule has 0 aromatic heterocycles. The number of anilines is 1. The van der Waals surface area contributed by atoms with Gasteiger partial charge < -0.3 is 25.2 Å². The number of likely N-dealkylation sites (tertiary alicyclic amines) is 1. The number of carbonyl (C=O) groups excluding carboxylic acids is 4. The maximum absolute atomic E-state index is 14.0. The second-order valence-electron chi connectivity index (χ2n) is 10.4. The molecule has 1 aliphatic carbocycles. The minimum absolute atomic E-state index is 0.0129. The number of amides is 5. The van der Waals surface area contributed by atoms with Crippen LogP contribution in [0.4, 0.5) is 15.3 Å². The van der Waals surface area contributed by atoms with Gasteiger partial charge in [-0.15, -0.1) is 0 Å². The van der Waals surface area contributed by atoms with E-state index < -0.39 is 23.6 Å². The number of rotatable bonds is 7. The summed E-state index contributed by atoms with van der Waals surface area (Å²) in [6.45, 7) is 4.41. The Bertz CT molecular complexity index is 1280. The fraction of sp³-hybridized carbons (Fsp3) is 0.429. The van der Waals surface area contributed by atoms with Crippen LogP contribution >= 0.6 is 0 Å². The van der Waals surface area contributed by atoms with E-state index in [1.807, 2.05) is 35.2 Å². The maximum Gasteiger partial charge on any atom is 0.415 e. The van der Waals surface area contributed by atoms with Crippen LogP contribution in [0.5, 0.6) is 0 Å². The van der Waals surface area contributed by atoms with Gasteiger partial charge in [0.15, 0.2) is 0 Å². The largest absolute Gasteiger partial charge is 0.427 e. The number of hydrogen-bond acceptors (Lipinski definition) is 6. The number of benzene rings is 2. The highest BCUT2D eigenvalue weighted by molar-refractivity contribution is 6.04. The first-order valence-corrected chi connectivity index (χ1v) is 12.9. The van der Waals surface area contributed by atoms with Gasteiger partial charge in [-0.3, -0.25) is 14.9 Å². The van der Waals surface area contributed by atoms with Crippen molar-refractivity contribution in [1.29, 1.82) is 0 Å². The van der Waals surface area contributed by atoms with Gasteiger partial charge >= 0.3 is 12.1 Å². The summed E-state index contributed by atoms with van der Waals surface area (Å²) in [6, 6.07) is 12.9. The van der Waals surface area contributed by atoms with E-state index in [0.29, 0.717) is 35.7 Å². The molecule has 3 aliphatic rings. The number of nitrogens with zero attached hydrogens (tertiary/aromatic N) is 2. The zero-order chi connectivity index (χ0) is 27.0. The van der Waals surface area contributed by atoms with E-state index in [-0.39, 0.29) is 24.8 Å². The molecule has 2 heterocycles. The molecule has 0 radical (unpaired) electrons. The lowest BCUT2D eigenvalue weighted by atomic mass is 9.90. The van der Waals surface area contributed by atoms with Crippen LogP contribution in [0, 0.1) is 5.92 Å². The number of ether oxygens (including phenoxy) is 1. The Morgan fingerprint density at radius 1 is 1.18 bits per heavy atom. The number of nitrogens with one attached hydrogen (secondary N) is 3. The molecule has 2 atom stereocenters. The van der Waals surface area contributed by atoms with E-state index in [0.717, 1.165) is 24.2 Å². The summed E-state index contributed by atoms with van der Waals surface area (Å²) in [7, 11) is 3.59. The lowest BCUT2D eigenvalue weighted by Crippen LogP contribution is -2.55. The normalized spacial score (nSPS) is 21.3. The van der Waals surface area contributed by atoms with Crippen molar-refractivity contribution < 1.29 is 23.9 Å². The van der Waals surface area contributed by atoms with Crippen molar-refractivity contribution in [2.24, 2.45) is 5.92 Å². The minimum atomic E-state index is -1.40. The van der Waals surface area contributed by atoms with Crippen LogP contribution in [0.2, 0.25) is 0 Å². The predicted molar refractivity (Wildman–Crippen MR) is 140 cm³/mol. The fourth-order valence-corrected chi connectivity index (χ4v) is 5.86. The Morgan fingerprint density at radius 3 is 2.55 bits per heavy atom. The van der Waals surface area contributed by atoms with Gasteiger partial charge in [0.05, 0.1) is 6.42 Å². The topological polar surface area (TPSA) is 120 Å². The van der Waals surface area contributed by atoms with Gasteiger partial charge in [-0.25, -0.2) is 9.59 Å². The predicted octanol–water partition coefficient (Wildman–Crippen LogP) is 2.37. The molecule has 2 aromatic carbocycles. The van der Waals surface area contributed by atoms with Crippen LogP contribution in [0.1, 0.15) is 35.6 Å². The highest BCUT2D eigenvalue weighted by Crippen LogP contribution is 2.45. The number of alkyl carbamates (subject to hydrolysis) is 1. The zero-order valence-electron chi connectivity index (χ0n) is 21.9. The van der Waals surface area contributed by atoms with E-state index in [2.05, 4.69) is 34.8 Å². The molecule has 2 fully saturated rings. The average Bonchev–Trinajstić information content (AvgIpc) is 3.40. The van der Waals surface area contributed by atoms with E-state index in [1.54, 1.807) is 12.1 Å². The fourth-order valence-electron chi connectivity index (χ4n) is 5.86. The summed E-state index contributed by atoms with van der Waals surface area (Å²) in [5.41, 5.74) is 2.09. The summed E-state index contributed by atoms with van der Waals surface area (Å²) in [5, 5.41) is 7.61. The van der Waals surface area contributed by atoms with Crippen LogP contribution in [-0.4, -0.2) is 67.0 Å². The molecule has 5 rings (SSSR count). The molecule has 2 aromatic rings. The standard InChI is InChI=1S/C28H33N5O5/c1-17(19-15-32(3)16-19)33(14-18-7-5-4-6-8-18)24(34)13-21-20-11-12-28(25(35)31-27(37)38-28)22(20)9-10-23(21)30-26(36)29-2/h4-10,17,19H,11-16H2,1-3H3,(H2,29,30,36)(H,31,35,37). The van der Waals surface area contributed by atoms with E-state index in [4.69, 9.17) is 4.74 Å². The third-order valence-corrected chi connectivity index (χ3v) is 8.03. The van der Waals surface area contributed by atoms with Crippen molar-refractivity contribution in [2.75, 3.05) is 32.5 Å². The van der Waals surface area contributed by atoms with Crippen LogP contribution in [-0.2, 0) is 39.3 Å². The Kier molecular flexibility index (Phi) is 6.83. The molecule has 2 saturated heterocycles. The van der Waals surface area contributed by atoms with E-state index in [9.17, 15) is 19.2 Å². The molecule has 5 amide bonds. The third-order valence-electron chi connectivity index (χ3n) is 8.03. The Morgan fingerprint density at radius 2 is 1.92 bits per heavy atom. The van der Waals surface area contributed by atoms with Gasteiger partial charge in [0, 0.05) is 56.3 Å². The third kappa shape index (κ3) is 4.60. The zero-order valence-corrected chi connectivity index (χ0v) is 21.9. The molecule has 200 valence electrons. The molecule has 2 unspecified atom stereocenters. The molecule has 10 heteroatoms. The monoisotopic (exact) mass is 519 g/mol. The van der Waals surface area contributed by atoms with Crippen molar-refractivity contribution in [3.8, 4) is 0 Å². The SMILES string of the molecule is CNC(=O)Nc1ccc2c(c1CC(=O)N(Cc1ccccc1)C(C)C1CN(C)C1)CCC21OC(=O)NC1=O. The molecule has 0 saturated carbocycles. The summed E-state index contributed by atoms with van der Waals surface area (Å²) in [6.07, 6.45) is -0.0260. The first kappa shape index (κ1) is 25.7. The summed E-state index contributed by atoms with van der Waals surface area (Å²) >= 11 is 0. The van der Waals surface area contributed by atoms with E-state index >= 15 is 0 Å². The molecular weight excluding hydrogens is 486 g/mol. The maximum atomic E-state index is 14.0. The number of urea groups is 1. The highest BCUT2D eigenvalue weighted by Gasteiger charge is 2.54. The molecule has 2 aliphatic heterocycles. The number of imide groups is 1. The van der Waals surface area contributed by atoms with Gasteiger partial charge in [-0.1, -0.05) is 36.4 Å². The van der Waals surface area contributed by atoms with Crippen molar-refractivity contribution in [3.05, 3.63) is 64.7 Å². The van der Waals surface area contributed by atoms with Crippen molar-refractivity contribution >= 4 is 29.6 Å². The van der Waals surface area contributed by atoms with Crippen molar-refractivity contribution in [2.45, 2.75) is 44.4 Å². The van der Waals surface area contributed by atoms with Gasteiger partial charge in [0.2, 0.25) is 11.5 Å². The van der Waals surface area contributed by atoms with Crippen LogP contribution in [0.3, 0.4) is 0 Å². The van der Waals surface area contributed by atoms with Crippen LogP contribution in [0.25, 0.3) is 0 Å². The van der Waals surface area contributed by atoms with Crippen molar-refractivity contribution in [1.82, 2.24) is 20.4 Å². The number of carbonyl (C=O) groups is 4. The first-order chi connectivity index (χ1) is 18.2. The highest BCUT2D eigenvalue weighted by atomic mass is 16.6. The van der Waals surface area contributed by atoms with Crippen LogP contribution < -0.4 is 16.0 Å². The van der Waals surface area contributed by atoms with Gasteiger partial charge in [0.25, 0.3) is 5.91 Å². The van der Waals surface area contributed by atoms with Crippen molar-refractivity contribution in [3.63, 3.8) is 0 Å². The number of hydrogen-bond donors (Lipinski definition) is 3. The molecule has 10 nitrogen and oxygen atoms in total. The first-order valence-electron chi connectivity index (χ1n) is 12.9.